The zero-order valence-electron chi connectivity index (χ0n) is 9.46. The second-order valence-electron chi connectivity index (χ2n) is 3.79. The Morgan fingerprint density at radius 3 is 1.95 bits per heavy atom. The largest absolute Gasteiger partial charge is 0.431 e. The number of aromatic nitrogens is 2. The normalized spacial score (nSPS) is 11.7. The van der Waals surface area contributed by atoms with Gasteiger partial charge in [-0.2, -0.15) is 13.2 Å². The molecule has 1 aromatic heterocycles. The van der Waals surface area contributed by atoms with E-state index in [-0.39, 0.29) is 10.6 Å². The number of halogens is 5. The van der Waals surface area contributed by atoms with Crippen LogP contribution in [0, 0.1) is 11.6 Å². The van der Waals surface area contributed by atoms with Crippen LogP contribution in [0.15, 0.2) is 33.9 Å². The van der Waals surface area contributed by atoms with Crippen molar-refractivity contribution in [2.75, 3.05) is 0 Å². The van der Waals surface area contributed by atoms with Crippen molar-refractivity contribution in [1.82, 2.24) is 9.55 Å². The summed E-state index contributed by atoms with van der Waals surface area (Å²) in [6, 6.07) is 1.91. The van der Waals surface area contributed by atoms with Crippen LogP contribution in [0.3, 0.4) is 0 Å². The molecule has 1 N–H and O–H groups in total. The number of hydrogen-bond acceptors (Lipinski definition) is 2. The molecular weight excluding hydrogens is 287 g/mol. The van der Waals surface area contributed by atoms with Crippen molar-refractivity contribution in [3.63, 3.8) is 0 Å². The lowest BCUT2D eigenvalue weighted by Gasteiger charge is -2.09. The standard InChI is InChI=1S/C11H5F5N2O2/c12-5-1-6(13)3-7(2-5)18-9(19)4-8(11(14,15)16)17-10(18)20/h1-4H,(H,17,20). The van der Waals surface area contributed by atoms with Gasteiger partial charge in [-0.3, -0.25) is 4.79 Å². The first kappa shape index (κ1) is 14.0. The molecule has 0 amide bonds. The van der Waals surface area contributed by atoms with Crippen LogP contribution in [-0.4, -0.2) is 9.55 Å². The summed E-state index contributed by atoms with van der Waals surface area (Å²) < 4.78 is 63.3. The monoisotopic (exact) mass is 292 g/mol. The molecule has 106 valence electrons. The third-order valence-electron chi connectivity index (χ3n) is 2.34. The first-order chi connectivity index (χ1) is 9.18. The number of benzene rings is 1. The van der Waals surface area contributed by atoms with Gasteiger partial charge in [0.25, 0.3) is 5.56 Å². The molecule has 0 aliphatic rings. The Bertz CT molecular complexity index is 724. The highest BCUT2D eigenvalue weighted by Crippen LogP contribution is 2.25. The molecule has 0 saturated heterocycles. The van der Waals surface area contributed by atoms with Crippen molar-refractivity contribution in [2.45, 2.75) is 6.18 Å². The van der Waals surface area contributed by atoms with Crippen LogP contribution >= 0.6 is 0 Å². The van der Waals surface area contributed by atoms with Gasteiger partial charge in [0, 0.05) is 12.1 Å². The van der Waals surface area contributed by atoms with Gasteiger partial charge in [0.1, 0.15) is 17.3 Å². The number of nitrogens with one attached hydrogen (secondary N) is 1. The number of rotatable bonds is 1. The van der Waals surface area contributed by atoms with E-state index in [1.54, 1.807) is 0 Å². The van der Waals surface area contributed by atoms with Gasteiger partial charge in [0.05, 0.1) is 5.69 Å². The molecule has 1 heterocycles. The minimum Gasteiger partial charge on any atom is -0.303 e. The number of H-pyrrole nitrogens is 1. The zero-order valence-corrected chi connectivity index (χ0v) is 9.46. The number of hydrogen-bond donors (Lipinski definition) is 1. The van der Waals surface area contributed by atoms with E-state index in [2.05, 4.69) is 0 Å². The van der Waals surface area contributed by atoms with Gasteiger partial charge in [0.15, 0.2) is 0 Å². The van der Waals surface area contributed by atoms with Gasteiger partial charge in [-0.15, -0.1) is 0 Å². The molecule has 4 nitrogen and oxygen atoms in total. The summed E-state index contributed by atoms with van der Waals surface area (Å²) in [4.78, 5) is 24.5. The lowest BCUT2D eigenvalue weighted by molar-refractivity contribution is -0.141. The molecule has 2 aromatic rings. The molecule has 2 rings (SSSR count). The van der Waals surface area contributed by atoms with E-state index in [4.69, 9.17) is 0 Å². The smallest absolute Gasteiger partial charge is 0.303 e. The summed E-state index contributed by atoms with van der Waals surface area (Å²) in [6.45, 7) is 0. The van der Waals surface area contributed by atoms with E-state index in [1.807, 2.05) is 0 Å². The Morgan fingerprint density at radius 1 is 0.950 bits per heavy atom. The van der Waals surface area contributed by atoms with Crippen LogP contribution < -0.4 is 11.2 Å². The topological polar surface area (TPSA) is 54.9 Å². The molecule has 0 unspecified atom stereocenters. The molecule has 20 heavy (non-hydrogen) atoms. The lowest BCUT2D eigenvalue weighted by atomic mass is 10.3. The highest BCUT2D eigenvalue weighted by molar-refractivity contribution is 5.33. The number of alkyl halides is 3. The highest BCUT2D eigenvalue weighted by Gasteiger charge is 2.33. The van der Waals surface area contributed by atoms with Crippen molar-refractivity contribution < 1.29 is 22.0 Å². The molecule has 0 aliphatic carbocycles. The molecule has 0 bridgehead atoms. The van der Waals surface area contributed by atoms with E-state index in [0.717, 1.165) is 0 Å². The Hall–Kier alpha value is -2.45. The van der Waals surface area contributed by atoms with Crippen molar-refractivity contribution >= 4 is 0 Å². The molecule has 0 radical (unpaired) electrons. The Balaban J connectivity index is 2.71. The first-order valence-corrected chi connectivity index (χ1v) is 5.08. The fourth-order valence-corrected chi connectivity index (χ4v) is 1.56. The maximum Gasteiger partial charge on any atom is 0.431 e. The Labute approximate surface area is 107 Å². The SMILES string of the molecule is O=c1cc(C(F)(F)F)[nH]c(=O)n1-c1cc(F)cc(F)c1. The Kier molecular flexibility index (Phi) is 3.20. The van der Waals surface area contributed by atoms with Crippen molar-refractivity contribution in [2.24, 2.45) is 0 Å². The van der Waals surface area contributed by atoms with Gasteiger partial charge >= 0.3 is 11.9 Å². The number of aromatic amines is 1. The summed E-state index contributed by atoms with van der Waals surface area (Å²) in [7, 11) is 0. The molecule has 0 fully saturated rings. The van der Waals surface area contributed by atoms with E-state index in [1.165, 1.54) is 4.98 Å². The van der Waals surface area contributed by atoms with E-state index in [0.29, 0.717) is 18.2 Å². The van der Waals surface area contributed by atoms with Crippen molar-refractivity contribution in [3.8, 4) is 5.69 Å². The first-order valence-electron chi connectivity index (χ1n) is 5.08. The molecule has 9 heteroatoms. The summed E-state index contributed by atoms with van der Waals surface area (Å²) in [5.74, 6) is -2.16. The second-order valence-corrected chi connectivity index (χ2v) is 3.79. The van der Waals surface area contributed by atoms with Gasteiger partial charge in [-0.25, -0.2) is 18.1 Å². The average molecular weight is 292 g/mol. The summed E-state index contributed by atoms with van der Waals surface area (Å²) in [6.07, 6.45) is -4.91. The van der Waals surface area contributed by atoms with Gasteiger partial charge in [-0.05, 0) is 12.1 Å². The van der Waals surface area contributed by atoms with Crippen LogP contribution in [0.1, 0.15) is 5.69 Å². The van der Waals surface area contributed by atoms with Crippen LogP contribution in [0.25, 0.3) is 5.69 Å². The second kappa shape index (κ2) is 4.58. The molecule has 1 aromatic carbocycles. The molecule has 0 spiro atoms. The van der Waals surface area contributed by atoms with Crippen LogP contribution in [-0.2, 0) is 6.18 Å². The van der Waals surface area contributed by atoms with Crippen molar-refractivity contribution in [3.05, 3.63) is 62.4 Å². The predicted octanol–water partition coefficient (Wildman–Crippen LogP) is 1.82. The Morgan fingerprint density at radius 2 is 1.50 bits per heavy atom. The summed E-state index contributed by atoms with van der Waals surface area (Å²) in [5, 5.41) is 0. The van der Waals surface area contributed by atoms with E-state index in [9.17, 15) is 31.5 Å². The van der Waals surface area contributed by atoms with Crippen LogP contribution in [0.4, 0.5) is 22.0 Å². The summed E-state index contributed by atoms with van der Waals surface area (Å²) >= 11 is 0. The van der Waals surface area contributed by atoms with E-state index >= 15 is 0 Å². The van der Waals surface area contributed by atoms with Crippen LogP contribution in [0.5, 0.6) is 0 Å². The molecule has 0 saturated carbocycles. The zero-order chi connectivity index (χ0) is 15.1. The fraction of sp³-hybridized carbons (Fsp3) is 0.0909. The number of nitrogens with zero attached hydrogens (tertiary/aromatic N) is 1. The minimum atomic E-state index is -4.91. The van der Waals surface area contributed by atoms with Crippen molar-refractivity contribution in [1.29, 1.82) is 0 Å². The minimum absolute atomic E-state index is 0.129. The lowest BCUT2D eigenvalue weighted by Crippen LogP contribution is -2.35. The maximum atomic E-state index is 13.0. The van der Waals surface area contributed by atoms with E-state index < -0.39 is 40.4 Å². The van der Waals surface area contributed by atoms with Gasteiger partial charge < -0.3 is 4.98 Å². The third-order valence-corrected chi connectivity index (χ3v) is 2.34. The molecule has 0 aliphatic heterocycles. The fourth-order valence-electron chi connectivity index (χ4n) is 1.56. The quantitative estimate of drug-likeness (QED) is 0.815. The molecule has 0 atom stereocenters. The average Bonchev–Trinajstić information content (AvgIpc) is 2.25. The predicted molar refractivity (Wildman–Crippen MR) is 57.6 cm³/mol. The molecular formula is C11H5F5N2O2. The summed E-state index contributed by atoms with van der Waals surface area (Å²) in [5.41, 5.74) is -4.86. The van der Waals surface area contributed by atoms with Gasteiger partial charge in [-0.1, -0.05) is 0 Å². The third kappa shape index (κ3) is 2.60. The van der Waals surface area contributed by atoms with Gasteiger partial charge in [0.2, 0.25) is 0 Å². The highest BCUT2D eigenvalue weighted by atomic mass is 19.4. The maximum absolute atomic E-state index is 13.0. The van der Waals surface area contributed by atoms with Crippen LogP contribution in [0.2, 0.25) is 0 Å².